The molecule has 160 valence electrons. The van der Waals surface area contributed by atoms with Crippen molar-refractivity contribution in [2.24, 2.45) is 0 Å². The predicted molar refractivity (Wildman–Crippen MR) is 117 cm³/mol. The monoisotopic (exact) mass is 419 g/mol. The summed E-state index contributed by atoms with van der Waals surface area (Å²) in [4.78, 5) is 30.4. The number of aryl methyl sites for hydroxylation is 1. The van der Waals surface area contributed by atoms with Crippen molar-refractivity contribution in [1.29, 1.82) is 0 Å². The maximum atomic E-state index is 12.9. The van der Waals surface area contributed by atoms with Gasteiger partial charge in [-0.25, -0.2) is 4.98 Å². The van der Waals surface area contributed by atoms with Crippen LogP contribution < -0.4 is 20.3 Å². The number of ether oxygens (including phenoxy) is 2. The molecule has 7 nitrogen and oxygen atoms in total. The lowest BCUT2D eigenvalue weighted by Gasteiger charge is -2.19. The fraction of sp³-hybridized carbons (Fsp3) is 0.375. The molecule has 0 saturated carbocycles. The van der Waals surface area contributed by atoms with E-state index in [2.05, 4.69) is 5.32 Å². The summed E-state index contributed by atoms with van der Waals surface area (Å²) in [5, 5.41) is 3.50. The lowest BCUT2D eigenvalue weighted by molar-refractivity contribution is 0.0951. The number of aromatic nitrogens is 2. The zero-order valence-corrected chi connectivity index (χ0v) is 17.4. The van der Waals surface area contributed by atoms with Crippen LogP contribution in [0.2, 0.25) is 0 Å². The Kier molecular flexibility index (Phi) is 5.32. The van der Waals surface area contributed by atoms with Crippen molar-refractivity contribution in [1.82, 2.24) is 14.9 Å². The van der Waals surface area contributed by atoms with Crippen LogP contribution in [-0.2, 0) is 19.5 Å². The van der Waals surface area contributed by atoms with E-state index in [1.54, 1.807) is 18.2 Å². The largest absolute Gasteiger partial charge is 0.486 e. The first-order chi connectivity index (χ1) is 15.2. The van der Waals surface area contributed by atoms with Gasteiger partial charge in [-0.3, -0.25) is 14.2 Å². The molecule has 3 heterocycles. The molecule has 3 aromatic rings. The highest BCUT2D eigenvalue weighted by Gasteiger charge is 2.16. The number of benzene rings is 2. The van der Waals surface area contributed by atoms with Crippen molar-refractivity contribution in [2.75, 3.05) is 13.2 Å². The number of nitrogens with zero attached hydrogens (tertiary/aromatic N) is 2. The molecular weight excluding hydrogens is 394 g/mol. The molecule has 5 rings (SSSR count). The maximum absolute atomic E-state index is 12.9. The van der Waals surface area contributed by atoms with Gasteiger partial charge in [-0.1, -0.05) is 18.9 Å². The second kappa shape index (κ2) is 8.41. The molecule has 0 spiro atoms. The summed E-state index contributed by atoms with van der Waals surface area (Å²) in [5.74, 6) is 2.05. The topological polar surface area (TPSA) is 82.5 Å². The molecule has 0 radical (unpaired) electrons. The Balaban J connectivity index is 1.36. The third kappa shape index (κ3) is 4.00. The zero-order chi connectivity index (χ0) is 21.2. The molecule has 0 aliphatic carbocycles. The number of fused-ring (bicyclic) bond motifs is 3. The highest BCUT2D eigenvalue weighted by molar-refractivity contribution is 5.97. The van der Waals surface area contributed by atoms with E-state index in [1.807, 2.05) is 22.8 Å². The number of rotatable bonds is 3. The van der Waals surface area contributed by atoms with Crippen LogP contribution in [0.5, 0.6) is 11.5 Å². The van der Waals surface area contributed by atoms with E-state index in [4.69, 9.17) is 14.5 Å². The van der Waals surface area contributed by atoms with Crippen LogP contribution in [0.4, 0.5) is 0 Å². The van der Waals surface area contributed by atoms with E-state index in [9.17, 15) is 9.59 Å². The van der Waals surface area contributed by atoms with E-state index in [0.717, 1.165) is 55.8 Å². The number of hydrogen-bond acceptors (Lipinski definition) is 5. The third-order valence-corrected chi connectivity index (χ3v) is 5.89. The molecule has 2 aliphatic heterocycles. The number of carbonyl (C=O) groups is 1. The molecule has 0 unspecified atom stereocenters. The minimum atomic E-state index is -0.203. The van der Waals surface area contributed by atoms with Crippen LogP contribution in [0.25, 0.3) is 10.9 Å². The Bertz CT molecular complexity index is 1200. The number of amides is 1. The lowest BCUT2D eigenvalue weighted by Crippen LogP contribution is -2.27. The van der Waals surface area contributed by atoms with Gasteiger partial charge >= 0.3 is 0 Å². The Morgan fingerprint density at radius 2 is 1.84 bits per heavy atom. The Labute approximate surface area is 180 Å². The van der Waals surface area contributed by atoms with E-state index in [0.29, 0.717) is 42.0 Å². The van der Waals surface area contributed by atoms with Crippen molar-refractivity contribution in [2.45, 2.75) is 45.2 Å². The van der Waals surface area contributed by atoms with Crippen LogP contribution in [0.3, 0.4) is 0 Å². The summed E-state index contributed by atoms with van der Waals surface area (Å²) in [5.41, 5.74) is 2.00. The number of hydrogen-bond donors (Lipinski definition) is 1. The van der Waals surface area contributed by atoms with E-state index in [-0.39, 0.29) is 11.5 Å². The minimum Gasteiger partial charge on any atom is -0.486 e. The average molecular weight is 419 g/mol. The Morgan fingerprint density at radius 1 is 1.00 bits per heavy atom. The van der Waals surface area contributed by atoms with E-state index in [1.165, 1.54) is 0 Å². The Hall–Kier alpha value is -3.35. The van der Waals surface area contributed by atoms with Crippen LogP contribution in [0, 0.1) is 0 Å². The van der Waals surface area contributed by atoms with Crippen molar-refractivity contribution in [3.8, 4) is 11.5 Å². The standard InChI is InChI=1S/C24H25N3O4/c28-23(25-15-16-6-9-20-21(13-16)31-12-11-30-20)17-7-8-18-19(14-17)26-22-5-3-1-2-4-10-27(22)24(18)29/h6-9,13-14H,1-5,10-12,15H2,(H,25,28). The first-order valence-electron chi connectivity index (χ1n) is 10.9. The molecule has 1 N–H and O–H groups in total. The highest BCUT2D eigenvalue weighted by Crippen LogP contribution is 2.30. The first kappa shape index (κ1) is 19.6. The molecule has 7 heteroatoms. The van der Waals surface area contributed by atoms with Gasteiger partial charge in [-0.05, 0) is 48.7 Å². The van der Waals surface area contributed by atoms with Crippen LogP contribution in [-0.4, -0.2) is 28.7 Å². The first-order valence-corrected chi connectivity index (χ1v) is 10.9. The van der Waals surface area contributed by atoms with Crippen molar-refractivity contribution >= 4 is 16.8 Å². The van der Waals surface area contributed by atoms with Gasteiger partial charge in [0.15, 0.2) is 11.5 Å². The summed E-state index contributed by atoms with van der Waals surface area (Å²) in [6.45, 7) is 2.16. The highest BCUT2D eigenvalue weighted by atomic mass is 16.6. The van der Waals surface area contributed by atoms with Gasteiger partial charge in [0.05, 0.1) is 10.9 Å². The Morgan fingerprint density at radius 3 is 2.74 bits per heavy atom. The van der Waals surface area contributed by atoms with E-state index >= 15 is 0 Å². The maximum Gasteiger partial charge on any atom is 0.261 e. The fourth-order valence-electron chi connectivity index (χ4n) is 4.22. The second-order valence-electron chi connectivity index (χ2n) is 8.04. The smallest absolute Gasteiger partial charge is 0.261 e. The summed E-state index contributed by atoms with van der Waals surface area (Å²) < 4.78 is 12.9. The normalized spacial score (nSPS) is 15.6. The molecule has 0 atom stereocenters. The molecular formula is C24H25N3O4. The predicted octanol–water partition coefficient (Wildman–Crippen LogP) is 3.21. The van der Waals surface area contributed by atoms with Gasteiger partial charge in [0.2, 0.25) is 0 Å². The molecule has 2 aromatic carbocycles. The SMILES string of the molecule is O=C(NCc1ccc2c(c1)OCCO2)c1ccc2c(=O)n3c(nc2c1)CCCCCC3. The van der Waals surface area contributed by atoms with Crippen molar-refractivity contribution in [3.05, 3.63) is 63.7 Å². The van der Waals surface area contributed by atoms with Gasteiger partial charge < -0.3 is 14.8 Å². The van der Waals surface area contributed by atoms with Gasteiger partial charge in [0, 0.05) is 25.1 Å². The van der Waals surface area contributed by atoms with E-state index < -0.39 is 0 Å². The van der Waals surface area contributed by atoms with Gasteiger partial charge in [0.1, 0.15) is 19.0 Å². The molecule has 2 aliphatic rings. The molecule has 1 aromatic heterocycles. The summed E-state index contributed by atoms with van der Waals surface area (Å²) in [6, 6.07) is 10.8. The quantitative estimate of drug-likeness (QED) is 0.705. The molecule has 1 amide bonds. The summed E-state index contributed by atoms with van der Waals surface area (Å²) in [7, 11) is 0. The van der Waals surface area contributed by atoms with Gasteiger partial charge in [-0.2, -0.15) is 0 Å². The third-order valence-electron chi connectivity index (χ3n) is 5.89. The lowest BCUT2D eigenvalue weighted by atomic mass is 10.1. The van der Waals surface area contributed by atoms with Gasteiger partial charge in [0.25, 0.3) is 11.5 Å². The number of carbonyl (C=O) groups excluding carboxylic acids is 1. The average Bonchev–Trinajstić information content (AvgIpc) is 2.78. The second-order valence-corrected chi connectivity index (χ2v) is 8.04. The zero-order valence-electron chi connectivity index (χ0n) is 17.4. The van der Waals surface area contributed by atoms with Crippen molar-refractivity contribution < 1.29 is 14.3 Å². The van der Waals surface area contributed by atoms with Crippen LogP contribution >= 0.6 is 0 Å². The molecule has 31 heavy (non-hydrogen) atoms. The van der Waals surface area contributed by atoms with Crippen LogP contribution in [0.15, 0.2) is 41.2 Å². The molecule has 0 saturated heterocycles. The molecule has 0 bridgehead atoms. The fourth-order valence-corrected chi connectivity index (χ4v) is 4.22. The van der Waals surface area contributed by atoms with Crippen molar-refractivity contribution in [3.63, 3.8) is 0 Å². The van der Waals surface area contributed by atoms with Gasteiger partial charge in [-0.15, -0.1) is 0 Å². The minimum absolute atomic E-state index is 0.00913. The molecule has 0 fully saturated rings. The summed E-state index contributed by atoms with van der Waals surface area (Å²) >= 11 is 0. The summed E-state index contributed by atoms with van der Waals surface area (Å²) in [6.07, 6.45) is 5.14. The van der Waals surface area contributed by atoms with Crippen LogP contribution in [0.1, 0.15) is 47.4 Å². The number of nitrogens with one attached hydrogen (secondary N) is 1.